The second-order valence-corrected chi connectivity index (χ2v) is 4.36. The normalized spacial score (nSPS) is 13.1. The van der Waals surface area contributed by atoms with Crippen LogP contribution in [0.25, 0.3) is 0 Å². The highest BCUT2D eigenvalue weighted by Crippen LogP contribution is 2.30. The molecule has 0 aliphatic rings. The maximum atomic E-state index is 10.8. The number of carbonyl (C=O) groups excluding carboxylic acids is 1. The van der Waals surface area contributed by atoms with Crippen LogP contribution in [0.15, 0.2) is 0 Å². The standard InChI is InChI=1S/C6H14N2O.H4O5P2/c1-4-7-6(9)8(3)5-2;1-6(2)5-7(3)4/h4-5H2,1-3H3,(H,7,9);6-7H,(H,1,2)(H,3,4). The number of hydrogen-bond acceptors (Lipinski definition) is 4. The molecule has 0 fully saturated rings. The summed E-state index contributed by atoms with van der Waals surface area (Å²) in [4.78, 5) is 27.8. The Kier molecular flexibility index (Phi) is 12.5. The van der Waals surface area contributed by atoms with Crippen LogP contribution in [0.4, 0.5) is 4.79 Å². The first-order valence-corrected chi connectivity index (χ1v) is 7.00. The van der Waals surface area contributed by atoms with Crippen molar-refractivity contribution in [2.24, 2.45) is 0 Å². The van der Waals surface area contributed by atoms with E-state index < -0.39 is 16.5 Å². The van der Waals surface area contributed by atoms with E-state index in [4.69, 9.17) is 9.79 Å². The number of urea groups is 1. The van der Waals surface area contributed by atoms with Crippen molar-refractivity contribution in [3.05, 3.63) is 0 Å². The minimum absolute atomic E-state index is 0.000000000000000444. The molecule has 0 radical (unpaired) electrons. The first kappa shape index (κ1) is 18.0. The molecule has 16 heavy (non-hydrogen) atoms. The van der Waals surface area contributed by atoms with E-state index in [2.05, 4.69) is 9.63 Å². The van der Waals surface area contributed by atoms with Crippen molar-refractivity contribution >= 4 is 22.5 Å². The van der Waals surface area contributed by atoms with Gasteiger partial charge in [-0.3, -0.25) is 9.13 Å². The molecular formula is C6H18N2O6P2. The number of rotatable bonds is 4. The van der Waals surface area contributed by atoms with Gasteiger partial charge in [-0.15, -0.1) is 0 Å². The summed E-state index contributed by atoms with van der Waals surface area (Å²) in [6.45, 7) is 5.30. The molecule has 0 aliphatic heterocycles. The average Bonchev–Trinajstić information content (AvgIpc) is 2.15. The molecule has 2 atom stereocenters. The van der Waals surface area contributed by atoms with Crippen molar-refractivity contribution in [1.82, 2.24) is 10.2 Å². The monoisotopic (exact) mass is 276 g/mol. The zero-order valence-electron chi connectivity index (χ0n) is 9.39. The summed E-state index contributed by atoms with van der Waals surface area (Å²) in [7, 11) is -4.63. The van der Waals surface area contributed by atoms with Gasteiger partial charge in [0, 0.05) is 20.1 Å². The molecule has 0 aromatic heterocycles. The molecule has 0 aromatic carbocycles. The molecule has 0 saturated carbocycles. The van der Waals surface area contributed by atoms with Gasteiger partial charge >= 0.3 is 22.5 Å². The smallest absolute Gasteiger partial charge is 0.323 e. The van der Waals surface area contributed by atoms with Crippen molar-refractivity contribution in [2.75, 3.05) is 20.1 Å². The van der Waals surface area contributed by atoms with Gasteiger partial charge in [-0.25, -0.2) is 9.11 Å². The summed E-state index contributed by atoms with van der Waals surface area (Å²) in [6.07, 6.45) is 0. The van der Waals surface area contributed by atoms with E-state index in [1.807, 2.05) is 13.8 Å². The molecule has 0 aliphatic carbocycles. The summed E-state index contributed by atoms with van der Waals surface area (Å²) < 4.78 is 22.3. The summed E-state index contributed by atoms with van der Waals surface area (Å²) >= 11 is 0. The van der Waals surface area contributed by atoms with E-state index in [-0.39, 0.29) is 6.03 Å². The Bertz CT molecular complexity index is 237. The van der Waals surface area contributed by atoms with E-state index in [1.54, 1.807) is 11.9 Å². The SMILES string of the molecule is CCNC(=O)N(C)CC.O=[PH](O)O[PH](=O)O. The van der Waals surface area contributed by atoms with Crippen LogP contribution in [0.5, 0.6) is 0 Å². The predicted octanol–water partition coefficient (Wildman–Crippen LogP) is 0.435. The zero-order chi connectivity index (χ0) is 13.1. The first-order chi connectivity index (χ1) is 7.34. The minimum Gasteiger partial charge on any atom is -0.338 e. The number of nitrogens with zero attached hydrogens (tertiary/aromatic N) is 1. The molecule has 0 bridgehead atoms. The van der Waals surface area contributed by atoms with Crippen LogP contribution in [-0.2, 0) is 13.4 Å². The van der Waals surface area contributed by atoms with E-state index in [9.17, 15) is 13.9 Å². The van der Waals surface area contributed by atoms with Gasteiger partial charge < -0.3 is 20.0 Å². The third-order valence-electron chi connectivity index (χ3n) is 1.32. The van der Waals surface area contributed by atoms with Crippen molar-refractivity contribution in [1.29, 1.82) is 0 Å². The fourth-order valence-corrected chi connectivity index (χ4v) is 1.10. The van der Waals surface area contributed by atoms with Gasteiger partial charge in [0.1, 0.15) is 0 Å². The second kappa shape index (κ2) is 11.1. The van der Waals surface area contributed by atoms with Gasteiger partial charge in [0.25, 0.3) is 0 Å². The Labute approximate surface area is 95.5 Å². The van der Waals surface area contributed by atoms with Crippen LogP contribution in [-0.4, -0.2) is 40.9 Å². The number of amides is 2. The third-order valence-corrected chi connectivity index (χ3v) is 2.72. The summed E-state index contributed by atoms with van der Waals surface area (Å²) in [6, 6.07) is 0.000000000000000444. The molecule has 0 spiro atoms. The molecule has 0 saturated heterocycles. The molecular weight excluding hydrogens is 258 g/mol. The molecule has 8 nitrogen and oxygen atoms in total. The van der Waals surface area contributed by atoms with Crippen molar-refractivity contribution in [3.63, 3.8) is 0 Å². The van der Waals surface area contributed by atoms with Gasteiger partial charge in [-0.2, -0.15) is 0 Å². The molecule has 0 aromatic rings. The van der Waals surface area contributed by atoms with Gasteiger partial charge in [-0.1, -0.05) is 0 Å². The van der Waals surface area contributed by atoms with E-state index >= 15 is 0 Å². The van der Waals surface area contributed by atoms with Gasteiger partial charge in [0.15, 0.2) is 0 Å². The van der Waals surface area contributed by atoms with E-state index in [0.717, 1.165) is 6.54 Å². The fourth-order valence-electron chi connectivity index (χ4n) is 0.504. The lowest BCUT2D eigenvalue weighted by molar-refractivity contribution is 0.211. The quantitative estimate of drug-likeness (QED) is 0.641. The van der Waals surface area contributed by atoms with Crippen LogP contribution in [0.2, 0.25) is 0 Å². The highest BCUT2D eigenvalue weighted by Gasteiger charge is 2.01. The number of carbonyl (C=O) groups is 1. The van der Waals surface area contributed by atoms with Crippen molar-refractivity contribution in [3.8, 4) is 0 Å². The van der Waals surface area contributed by atoms with Gasteiger partial charge in [-0.05, 0) is 13.8 Å². The molecule has 0 rings (SSSR count). The van der Waals surface area contributed by atoms with Crippen molar-refractivity contribution < 1.29 is 28.0 Å². The predicted molar refractivity (Wildman–Crippen MR) is 60.9 cm³/mol. The van der Waals surface area contributed by atoms with Gasteiger partial charge in [0.05, 0.1) is 0 Å². The lowest BCUT2D eigenvalue weighted by Gasteiger charge is -2.13. The summed E-state index contributed by atoms with van der Waals surface area (Å²) in [5.74, 6) is 0. The maximum Gasteiger partial charge on any atom is 0.323 e. The largest absolute Gasteiger partial charge is 0.338 e. The first-order valence-electron chi connectivity index (χ1n) is 4.47. The summed E-state index contributed by atoms with van der Waals surface area (Å²) in [5.41, 5.74) is 0. The third kappa shape index (κ3) is 13.6. The number of hydrogen-bond donors (Lipinski definition) is 3. The zero-order valence-corrected chi connectivity index (χ0v) is 11.4. The Morgan fingerprint density at radius 3 is 1.94 bits per heavy atom. The number of nitrogens with one attached hydrogen (secondary N) is 1. The summed E-state index contributed by atoms with van der Waals surface area (Å²) in [5, 5.41) is 2.68. The van der Waals surface area contributed by atoms with Gasteiger partial charge in [0.2, 0.25) is 0 Å². The Morgan fingerprint density at radius 2 is 1.75 bits per heavy atom. The van der Waals surface area contributed by atoms with Crippen LogP contribution in [0, 0.1) is 0 Å². The Hall–Kier alpha value is -0.390. The fraction of sp³-hybridized carbons (Fsp3) is 0.833. The Balaban J connectivity index is 0. The lowest BCUT2D eigenvalue weighted by atomic mass is 10.6. The molecule has 3 N–H and O–H groups in total. The van der Waals surface area contributed by atoms with Crippen LogP contribution in [0.3, 0.4) is 0 Å². The molecule has 2 unspecified atom stereocenters. The van der Waals surface area contributed by atoms with E-state index in [1.165, 1.54) is 0 Å². The average molecular weight is 276 g/mol. The van der Waals surface area contributed by atoms with Crippen LogP contribution < -0.4 is 5.32 Å². The van der Waals surface area contributed by atoms with Crippen molar-refractivity contribution in [2.45, 2.75) is 13.8 Å². The molecule has 2 amide bonds. The van der Waals surface area contributed by atoms with Crippen LogP contribution >= 0.6 is 16.5 Å². The molecule has 0 heterocycles. The lowest BCUT2D eigenvalue weighted by Crippen LogP contribution is -2.36. The molecule has 98 valence electrons. The highest BCUT2D eigenvalue weighted by molar-refractivity contribution is 7.46. The molecule has 10 heteroatoms. The van der Waals surface area contributed by atoms with Crippen LogP contribution in [0.1, 0.15) is 13.8 Å². The minimum atomic E-state index is -3.20. The maximum absolute atomic E-state index is 10.8. The topological polar surface area (TPSA) is 116 Å². The Morgan fingerprint density at radius 1 is 1.31 bits per heavy atom. The second-order valence-electron chi connectivity index (χ2n) is 2.48. The highest BCUT2D eigenvalue weighted by atomic mass is 31.2. The van der Waals surface area contributed by atoms with E-state index in [0.29, 0.717) is 6.54 Å².